The molecule has 0 bridgehead atoms. The Hall–Kier alpha value is -2.59. The molecule has 126 valence electrons. The van der Waals surface area contributed by atoms with Crippen LogP contribution >= 0.6 is 15.9 Å². The Morgan fingerprint density at radius 3 is 2.40 bits per heavy atom. The molecule has 0 spiro atoms. The van der Waals surface area contributed by atoms with Gasteiger partial charge in [0.2, 0.25) is 0 Å². The predicted octanol–water partition coefficient (Wildman–Crippen LogP) is 5.59. The fourth-order valence-electron chi connectivity index (χ4n) is 2.36. The number of nitrogens with one attached hydrogen (secondary N) is 1. The van der Waals surface area contributed by atoms with E-state index in [4.69, 9.17) is 4.74 Å². The van der Waals surface area contributed by atoms with Crippen LogP contribution in [0.3, 0.4) is 0 Å². The quantitative estimate of drug-likeness (QED) is 0.611. The third-order valence-corrected chi connectivity index (χ3v) is 4.67. The number of amides is 1. The van der Waals surface area contributed by atoms with Gasteiger partial charge in [0.1, 0.15) is 12.4 Å². The molecule has 0 aromatic heterocycles. The fourth-order valence-corrected chi connectivity index (χ4v) is 2.61. The van der Waals surface area contributed by atoms with E-state index in [0.29, 0.717) is 12.2 Å². The Morgan fingerprint density at radius 1 is 1.00 bits per heavy atom. The van der Waals surface area contributed by atoms with E-state index in [0.717, 1.165) is 27.0 Å². The fraction of sp³-hybridized carbons (Fsp3) is 0.0952. The second-order valence-corrected chi connectivity index (χ2v) is 6.57. The van der Waals surface area contributed by atoms with Crippen molar-refractivity contribution in [2.75, 3.05) is 5.32 Å². The summed E-state index contributed by atoms with van der Waals surface area (Å²) >= 11 is 3.46. The van der Waals surface area contributed by atoms with Gasteiger partial charge in [-0.3, -0.25) is 4.79 Å². The van der Waals surface area contributed by atoms with Crippen molar-refractivity contribution >= 4 is 27.5 Å². The number of carbonyl (C=O) groups excluding carboxylic acids is 1. The highest BCUT2D eigenvalue weighted by Crippen LogP contribution is 2.20. The molecular formula is C21H18BrNO2. The summed E-state index contributed by atoms with van der Waals surface area (Å²) in [4.78, 5) is 12.3. The summed E-state index contributed by atoms with van der Waals surface area (Å²) in [6, 6.07) is 22.8. The topological polar surface area (TPSA) is 38.3 Å². The molecule has 0 heterocycles. The SMILES string of the molecule is Cc1cc(NC(=O)c2ccc(COc3ccccc3)cc2)ccc1Br. The first-order chi connectivity index (χ1) is 12.1. The minimum absolute atomic E-state index is 0.128. The summed E-state index contributed by atoms with van der Waals surface area (Å²) in [5.74, 6) is 0.701. The van der Waals surface area contributed by atoms with Crippen molar-refractivity contribution in [3.05, 3.63) is 94.0 Å². The normalized spacial score (nSPS) is 10.3. The second kappa shape index (κ2) is 7.99. The summed E-state index contributed by atoms with van der Waals surface area (Å²) in [6.45, 7) is 2.46. The van der Waals surface area contributed by atoms with Gasteiger partial charge in [-0.25, -0.2) is 0 Å². The molecule has 3 aromatic carbocycles. The van der Waals surface area contributed by atoms with Crippen molar-refractivity contribution < 1.29 is 9.53 Å². The molecule has 25 heavy (non-hydrogen) atoms. The first-order valence-corrected chi connectivity index (χ1v) is 8.75. The Kier molecular flexibility index (Phi) is 5.51. The number of anilines is 1. The maximum absolute atomic E-state index is 12.3. The summed E-state index contributed by atoms with van der Waals surface area (Å²) in [5, 5.41) is 2.91. The summed E-state index contributed by atoms with van der Waals surface area (Å²) in [6.07, 6.45) is 0. The number of aryl methyl sites for hydroxylation is 1. The van der Waals surface area contributed by atoms with Crippen molar-refractivity contribution in [2.45, 2.75) is 13.5 Å². The Labute approximate surface area is 155 Å². The average Bonchev–Trinajstić information content (AvgIpc) is 2.64. The van der Waals surface area contributed by atoms with E-state index < -0.39 is 0 Å². The van der Waals surface area contributed by atoms with Gasteiger partial charge in [0.05, 0.1) is 0 Å². The lowest BCUT2D eigenvalue weighted by molar-refractivity contribution is 0.102. The smallest absolute Gasteiger partial charge is 0.255 e. The molecule has 0 unspecified atom stereocenters. The largest absolute Gasteiger partial charge is 0.489 e. The zero-order valence-electron chi connectivity index (χ0n) is 13.8. The molecule has 0 saturated carbocycles. The molecule has 3 rings (SSSR count). The number of halogens is 1. The van der Waals surface area contributed by atoms with E-state index in [1.54, 1.807) is 0 Å². The van der Waals surface area contributed by atoms with E-state index in [1.807, 2.05) is 79.7 Å². The van der Waals surface area contributed by atoms with Gasteiger partial charge in [0, 0.05) is 15.7 Å². The van der Waals surface area contributed by atoms with Gasteiger partial charge in [0.15, 0.2) is 0 Å². The molecule has 0 atom stereocenters. The average molecular weight is 396 g/mol. The standard InChI is InChI=1S/C21H18BrNO2/c1-15-13-18(11-12-20(15)22)23-21(24)17-9-7-16(8-10-17)14-25-19-5-3-2-4-6-19/h2-13H,14H2,1H3,(H,23,24). The number of ether oxygens (including phenoxy) is 1. The third kappa shape index (κ3) is 4.70. The number of hydrogen-bond acceptors (Lipinski definition) is 2. The summed E-state index contributed by atoms with van der Waals surface area (Å²) in [5.41, 5.74) is 3.48. The van der Waals surface area contributed by atoms with Crippen LogP contribution in [-0.2, 0) is 6.61 Å². The van der Waals surface area contributed by atoms with Crippen LogP contribution < -0.4 is 10.1 Å². The molecule has 0 saturated heterocycles. The van der Waals surface area contributed by atoms with Gasteiger partial charge < -0.3 is 10.1 Å². The van der Waals surface area contributed by atoms with Crippen LogP contribution in [0.1, 0.15) is 21.5 Å². The minimum atomic E-state index is -0.128. The molecular weight excluding hydrogens is 378 g/mol. The van der Waals surface area contributed by atoms with Crippen LogP contribution in [0.4, 0.5) is 5.69 Å². The van der Waals surface area contributed by atoms with Gasteiger partial charge in [-0.05, 0) is 60.5 Å². The highest BCUT2D eigenvalue weighted by Gasteiger charge is 2.07. The van der Waals surface area contributed by atoms with Crippen LogP contribution in [0.25, 0.3) is 0 Å². The second-order valence-electron chi connectivity index (χ2n) is 5.72. The molecule has 0 aliphatic carbocycles. The lowest BCUT2D eigenvalue weighted by atomic mass is 10.1. The maximum Gasteiger partial charge on any atom is 0.255 e. The molecule has 0 radical (unpaired) electrons. The van der Waals surface area contributed by atoms with Crippen molar-refractivity contribution in [3.63, 3.8) is 0 Å². The summed E-state index contributed by atoms with van der Waals surface area (Å²) in [7, 11) is 0. The van der Waals surface area contributed by atoms with Crippen molar-refractivity contribution in [2.24, 2.45) is 0 Å². The maximum atomic E-state index is 12.3. The summed E-state index contributed by atoms with van der Waals surface area (Å²) < 4.78 is 6.73. The third-order valence-electron chi connectivity index (χ3n) is 3.78. The van der Waals surface area contributed by atoms with Crippen LogP contribution in [0.15, 0.2) is 77.3 Å². The van der Waals surface area contributed by atoms with Gasteiger partial charge in [-0.1, -0.05) is 46.3 Å². The van der Waals surface area contributed by atoms with Crippen LogP contribution in [-0.4, -0.2) is 5.91 Å². The molecule has 1 amide bonds. The monoisotopic (exact) mass is 395 g/mol. The van der Waals surface area contributed by atoms with Crippen LogP contribution in [0, 0.1) is 6.92 Å². The molecule has 0 fully saturated rings. The molecule has 1 N–H and O–H groups in total. The lowest BCUT2D eigenvalue weighted by Crippen LogP contribution is -2.12. The van der Waals surface area contributed by atoms with Crippen molar-refractivity contribution in [1.82, 2.24) is 0 Å². The van der Waals surface area contributed by atoms with E-state index >= 15 is 0 Å². The molecule has 3 aromatic rings. The van der Waals surface area contributed by atoms with Gasteiger partial charge in [-0.2, -0.15) is 0 Å². The van der Waals surface area contributed by atoms with Gasteiger partial charge in [0.25, 0.3) is 5.91 Å². The van der Waals surface area contributed by atoms with E-state index in [-0.39, 0.29) is 5.91 Å². The van der Waals surface area contributed by atoms with E-state index in [9.17, 15) is 4.79 Å². The minimum Gasteiger partial charge on any atom is -0.489 e. The number of carbonyl (C=O) groups is 1. The van der Waals surface area contributed by atoms with Gasteiger partial charge >= 0.3 is 0 Å². The van der Waals surface area contributed by atoms with E-state index in [1.165, 1.54) is 0 Å². The number of benzene rings is 3. The molecule has 4 heteroatoms. The van der Waals surface area contributed by atoms with Crippen molar-refractivity contribution in [1.29, 1.82) is 0 Å². The van der Waals surface area contributed by atoms with Crippen molar-refractivity contribution in [3.8, 4) is 5.75 Å². The highest BCUT2D eigenvalue weighted by atomic mass is 79.9. The highest BCUT2D eigenvalue weighted by molar-refractivity contribution is 9.10. The first kappa shape index (κ1) is 17.2. The number of hydrogen-bond donors (Lipinski definition) is 1. The van der Waals surface area contributed by atoms with Crippen LogP contribution in [0.2, 0.25) is 0 Å². The molecule has 3 nitrogen and oxygen atoms in total. The molecule has 0 aliphatic rings. The first-order valence-electron chi connectivity index (χ1n) is 7.96. The lowest BCUT2D eigenvalue weighted by Gasteiger charge is -2.09. The Morgan fingerprint density at radius 2 is 1.72 bits per heavy atom. The predicted molar refractivity (Wildman–Crippen MR) is 104 cm³/mol. The zero-order valence-corrected chi connectivity index (χ0v) is 15.4. The zero-order chi connectivity index (χ0) is 17.6. The Balaban J connectivity index is 1.61. The number of para-hydroxylation sites is 1. The molecule has 0 aliphatic heterocycles. The Bertz CT molecular complexity index is 861. The van der Waals surface area contributed by atoms with E-state index in [2.05, 4.69) is 21.2 Å². The number of rotatable bonds is 5. The van der Waals surface area contributed by atoms with Crippen LogP contribution in [0.5, 0.6) is 5.75 Å². The van der Waals surface area contributed by atoms with Gasteiger partial charge in [-0.15, -0.1) is 0 Å².